The van der Waals surface area contributed by atoms with E-state index in [1.54, 1.807) is 12.1 Å². The normalized spacial score (nSPS) is 12.9. The quantitative estimate of drug-likeness (QED) is 0.870. The second-order valence-corrected chi connectivity index (χ2v) is 4.71. The van der Waals surface area contributed by atoms with Crippen LogP contribution in [0.4, 0.5) is 4.39 Å². The van der Waals surface area contributed by atoms with Gasteiger partial charge in [-0.05, 0) is 11.5 Å². The Morgan fingerprint density at radius 3 is 2.31 bits per heavy atom. The third-order valence-electron chi connectivity index (χ3n) is 2.47. The number of benzene rings is 1. The fraction of sp³-hybridized carbons (Fsp3) is 0.500. The van der Waals surface area contributed by atoms with Crippen molar-refractivity contribution in [2.45, 2.75) is 26.8 Å². The van der Waals surface area contributed by atoms with Crippen LogP contribution in [0.25, 0.3) is 0 Å². The molecule has 1 aromatic rings. The van der Waals surface area contributed by atoms with E-state index in [9.17, 15) is 4.39 Å². The van der Waals surface area contributed by atoms with Gasteiger partial charge in [-0.1, -0.05) is 32.9 Å². The number of methoxy groups -OCH3 is 1. The molecular weight excluding hydrogens is 229 g/mol. The van der Waals surface area contributed by atoms with E-state index in [-0.39, 0.29) is 35.4 Å². The van der Waals surface area contributed by atoms with Crippen LogP contribution in [0.15, 0.2) is 18.2 Å². The fourth-order valence-corrected chi connectivity index (χ4v) is 1.45. The molecule has 0 saturated carbocycles. The van der Waals surface area contributed by atoms with Gasteiger partial charge in [0.25, 0.3) is 0 Å². The minimum absolute atomic E-state index is 0. The summed E-state index contributed by atoms with van der Waals surface area (Å²) in [5, 5.41) is 0. The predicted molar refractivity (Wildman–Crippen MR) is 66.6 cm³/mol. The molecule has 0 saturated heterocycles. The number of ether oxygens (including phenoxy) is 1. The standard InChI is InChI=1S/C12H18FNO.ClH/c1-12(2,3)11(14)8-6-5-7-9(13)10(8)15-4;/h5-7,11H,14H2,1-4H3;1H/t11-;/m0./s1. The van der Waals surface area contributed by atoms with Crippen molar-refractivity contribution in [3.05, 3.63) is 29.6 Å². The molecule has 1 atom stereocenters. The molecule has 0 spiro atoms. The maximum absolute atomic E-state index is 13.4. The Morgan fingerprint density at radius 1 is 1.31 bits per heavy atom. The SMILES string of the molecule is COc1c(F)cccc1[C@H](N)C(C)(C)C.Cl. The van der Waals surface area contributed by atoms with Crippen LogP contribution in [-0.4, -0.2) is 7.11 Å². The first-order chi connectivity index (χ1) is 6.88. The maximum atomic E-state index is 13.4. The smallest absolute Gasteiger partial charge is 0.165 e. The summed E-state index contributed by atoms with van der Waals surface area (Å²) in [4.78, 5) is 0. The van der Waals surface area contributed by atoms with Crippen LogP contribution < -0.4 is 10.5 Å². The molecule has 0 radical (unpaired) electrons. The fourth-order valence-electron chi connectivity index (χ4n) is 1.45. The maximum Gasteiger partial charge on any atom is 0.165 e. The van der Waals surface area contributed by atoms with E-state index in [0.717, 1.165) is 0 Å². The van der Waals surface area contributed by atoms with Gasteiger partial charge in [-0.25, -0.2) is 4.39 Å². The Morgan fingerprint density at radius 2 is 1.88 bits per heavy atom. The first-order valence-corrected chi connectivity index (χ1v) is 4.96. The molecule has 1 rings (SSSR count). The number of para-hydroxylation sites is 1. The van der Waals surface area contributed by atoms with E-state index in [4.69, 9.17) is 10.5 Å². The zero-order valence-electron chi connectivity index (χ0n) is 10.1. The molecule has 2 nitrogen and oxygen atoms in total. The monoisotopic (exact) mass is 247 g/mol. The first-order valence-electron chi connectivity index (χ1n) is 4.96. The van der Waals surface area contributed by atoms with Gasteiger partial charge in [0.1, 0.15) is 0 Å². The van der Waals surface area contributed by atoms with Crippen LogP contribution in [0.5, 0.6) is 5.75 Å². The van der Waals surface area contributed by atoms with Crippen LogP contribution >= 0.6 is 12.4 Å². The number of hydrogen-bond acceptors (Lipinski definition) is 2. The van der Waals surface area contributed by atoms with Gasteiger partial charge in [0.05, 0.1) is 7.11 Å². The van der Waals surface area contributed by atoms with Crippen molar-refractivity contribution in [3.8, 4) is 5.75 Å². The predicted octanol–water partition coefficient (Wildman–Crippen LogP) is 3.30. The molecule has 0 aliphatic heterocycles. The minimum Gasteiger partial charge on any atom is -0.493 e. The molecule has 0 heterocycles. The van der Waals surface area contributed by atoms with E-state index < -0.39 is 0 Å². The third kappa shape index (κ3) is 3.09. The van der Waals surface area contributed by atoms with Crippen LogP contribution in [0.3, 0.4) is 0 Å². The Kier molecular flexibility index (Phi) is 5.23. The zero-order chi connectivity index (χ0) is 11.6. The molecule has 0 bridgehead atoms. The molecule has 0 amide bonds. The molecule has 1 aromatic carbocycles. The zero-order valence-corrected chi connectivity index (χ0v) is 10.9. The molecule has 2 N–H and O–H groups in total. The largest absolute Gasteiger partial charge is 0.493 e. The molecule has 0 unspecified atom stereocenters. The van der Waals surface area contributed by atoms with Crippen molar-refractivity contribution in [1.82, 2.24) is 0 Å². The Balaban J connectivity index is 0.00000225. The number of hydrogen-bond donors (Lipinski definition) is 1. The number of rotatable bonds is 2. The molecule has 0 aliphatic carbocycles. The highest BCUT2D eigenvalue weighted by Crippen LogP contribution is 2.36. The lowest BCUT2D eigenvalue weighted by Crippen LogP contribution is -2.26. The van der Waals surface area contributed by atoms with Crippen molar-refractivity contribution >= 4 is 12.4 Å². The first kappa shape index (κ1) is 15.2. The molecule has 0 aromatic heterocycles. The summed E-state index contributed by atoms with van der Waals surface area (Å²) < 4.78 is 18.5. The van der Waals surface area contributed by atoms with Gasteiger partial charge >= 0.3 is 0 Å². The summed E-state index contributed by atoms with van der Waals surface area (Å²) in [6.45, 7) is 6.05. The topological polar surface area (TPSA) is 35.2 Å². The van der Waals surface area contributed by atoms with Crippen LogP contribution in [0.2, 0.25) is 0 Å². The molecular formula is C12H19ClFNO. The van der Waals surface area contributed by atoms with Crippen molar-refractivity contribution in [3.63, 3.8) is 0 Å². The second kappa shape index (κ2) is 5.51. The van der Waals surface area contributed by atoms with E-state index in [2.05, 4.69) is 0 Å². The van der Waals surface area contributed by atoms with E-state index in [0.29, 0.717) is 5.56 Å². The van der Waals surface area contributed by atoms with Crippen molar-refractivity contribution < 1.29 is 9.13 Å². The Hall–Kier alpha value is -0.800. The highest BCUT2D eigenvalue weighted by molar-refractivity contribution is 5.85. The van der Waals surface area contributed by atoms with Crippen LogP contribution in [0, 0.1) is 11.2 Å². The van der Waals surface area contributed by atoms with Crippen molar-refractivity contribution in [1.29, 1.82) is 0 Å². The summed E-state index contributed by atoms with van der Waals surface area (Å²) in [6, 6.07) is 4.58. The van der Waals surface area contributed by atoms with Gasteiger partial charge in [-0.3, -0.25) is 0 Å². The van der Waals surface area contributed by atoms with Gasteiger partial charge < -0.3 is 10.5 Å². The summed E-state index contributed by atoms with van der Waals surface area (Å²) in [7, 11) is 1.46. The van der Waals surface area contributed by atoms with E-state index in [1.165, 1.54) is 13.2 Å². The highest BCUT2D eigenvalue weighted by atomic mass is 35.5. The lowest BCUT2D eigenvalue weighted by atomic mass is 9.82. The molecule has 0 fully saturated rings. The molecule has 92 valence electrons. The highest BCUT2D eigenvalue weighted by Gasteiger charge is 2.26. The van der Waals surface area contributed by atoms with Crippen molar-refractivity contribution in [2.75, 3.05) is 7.11 Å². The minimum atomic E-state index is -0.366. The molecule has 0 aliphatic rings. The molecule has 4 heteroatoms. The van der Waals surface area contributed by atoms with Gasteiger partial charge in [-0.2, -0.15) is 0 Å². The lowest BCUT2D eigenvalue weighted by Gasteiger charge is -2.28. The average molecular weight is 248 g/mol. The molecule has 16 heavy (non-hydrogen) atoms. The van der Waals surface area contributed by atoms with Gasteiger partial charge in [-0.15, -0.1) is 12.4 Å². The Bertz CT molecular complexity index is 349. The van der Waals surface area contributed by atoms with Crippen molar-refractivity contribution in [2.24, 2.45) is 11.1 Å². The van der Waals surface area contributed by atoms with E-state index in [1.807, 2.05) is 20.8 Å². The number of halogens is 2. The second-order valence-electron chi connectivity index (χ2n) is 4.71. The summed E-state index contributed by atoms with van der Waals surface area (Å²) in [5.74, 6) is -0.116. The average Bonchev–Trinajstić information content (AvgIpc) is 2.14. The Labute approximate surface area is 102 Å². The van der Waals surface area contributed by atoms with Crippen LogP contribution in [0.1, 0.15) is 32.4 Å². The summed E-state index contributed by atoms with van der Waals surface area (Å²) >= 11 is 0. The lowest BCUT2D eigenvalue weighted by molar-refractivity contribution is 0.308. The number of nitrogens with two attached hydrogens (primary N) is 1. The van der Waals surface area contributed by atoms with Crippen LogP contribution in [-0.2, 0) is 0 Å². The van der Waals surface area contributed by atoms with Gasteiger partial charge in [0.15, 0.2) is 11.6 Å². The summed E-state index contributed by atoms with van der Waals surface area (Å²) in [5.41, 5.74) is 6.66. The third-order valence-corrected chi connectivity index (χ3v) is 2.47. The van der Waals surface area contributed by atoms with Gasteiger partial charge in [0, 0.05) is 11.6 Å². The van der Waals surface area contributed by atoms with Gasteiger partial charge in [0.2, 0.25) is 0 Å². The van der Waals surface area contributed by atoms with E-state index >= 15 is 0 Å². The summed E-state index contributed by atoms with van der Waals surface area (Å²) in [6.07, 6.45) is 0.